The highest BCUT2D eigenvalue weighted by molar-refractivity contribution is 5.26. The van der Waals surface area contributed by atoms with E-state index in [9.17, 15) is 0 Å². The smallest absolute Gasteiger partial charge is 0.0708 e. The first-order valence-electron chi connectivity index (χ1n) is 5.47. The molecule has 2 heteroatoms. The first-order chi connectivity index (χ1) is 7.16. The van der Waals surface area contributed by atoms with E-state index in [1.807, 2.05) is 19.2 Å². The Morgan fingerprint density at radius 2 is 2.33 bits per heavy atom. The number of rotatable bonds is 5. The van der Waals surface area contributed by atoms with E-state index >= 15 is 0 Å². The standard InChI is InChI=1S/C13H20N2/c1-5-8-14-12(10(2)3)13-11(4)7-6-9-15-13/h6-7,9,12,14H,2,5,8H2,1,3-4H3. The lowest BCUT2D eigenvalue weighted by atomic mass is 10.0. The predicted molar refractivity (Wildman–Crippen MR) is 64.8 cm³/mol. The van der Waals surface area contributed by atoms with Gasteiger partial charge < -0.3 is 5.32 Å². The van der Waals surface area contributed by atoms with Crippen LogP contribution in [0.3, 0.4) is 0 Å². The van der Waals surface area contributed by atoms with Crippen molar-refractivity contribution in [1.82, 2.24) is 10.3 Å². The molecule has 0 saturated carbocycles. The van der Waals surface area contributed by atoms with Gasteiger partial charge in [-0.2, -0.15) is 0 Å². The Balaban J connectivity index is 2.89. The molecule has 82 valence electrons. The third kappa shape index (κ3) is 3.17. The van der Waals surface area contributed by atoms with Gasteiger partial charge in [-0.1, -0.05) is 25.1 Å². The number of nitrogens with zero attached hydrogens (tertiary/aromatic N) is 1. The summed E-state index contributed by atoms with van der Waals surface area (Å²) in [4.78, 5) is 4.43. The molecule has 15 heavy (non-hydrogen) atoms. The van der Waals surface area contributed by atoms with Gasteiger partial charge in [0.15, 0.2) is 0 Å². The second-order valence-corrected chi connectivity index (χ2v) is 3.94. The molecule has 1 unspecified atom stereocenters. The zero-order chi connectivity index (χ0) is 11.3. The zero-order valence-corrected chi connectivity index (χ0v) is 9.88. The molecule has 1 aromatic rings. The van der Waals surface area contributed by atoms with Crippen molar-refractivity contribution < 1.29 is 0 Å². The van der Waals surface area contributed by atoms with Crippen LogP contribution in [-0.2, 0) is 0 Å². The number of hydrogen-bond acceptors (Lipinski definition) is 2. The fraction of sp³-hybridized carbons (Fsp3) is 0.462. The van der Waals surface area contributed by atoms with E-state index in [0.717, 1.165) is 24.2 Å². The fourth-order valence-corrected chi connectivity index (χ4v) is 1.59. The summed E-state index contributed by atoms with van der Waals surface area (Å²) in [7, 11) is 0. The largest absolute Gasteiger partial charge is 0.305 e. The second-order valence-electron chi connectivity index (χ2n) is 3.94. The van der Waals surface area contributed by atoms with Crippen LogP contribution in [-0.4, -0.2) is 11.5 Å². The normalized spacial score (nSPS) is 12.5. The van der Waals surface area contributed by atoms with Gasteiger partial charge in [-0.15, -0.1) is 0 Å². The van der Waals surface area contributed by atoms with Gasteiger partial charge in [0, 0.05) is 6.20 Å². The maximum Gasteiger partial charge on any atom is 0.0708 e. The summed E-state index contributed by atoms with van der Waals surface area (Å²) in [5.41, 5.74) is 3.43. The average Bonchev–Trinajstić information content (AvgIpc) is 2.20. The molecule has 2 nitrogen and oxygen atoms in total. The Hall–Kier alpha value is -1.15. The van der Waals surface area contributed by atoms with E-state index in [4.69, 9.17) is 0 Å². The number of aromatic nitrogens is 1. The minimum Gasteiger partial charge on any atom is -0.305 e. The third-order valence-electron chi connectivity index (χ3n) is 2.41. The Kier molecular flexibility index (Phi) is 4.50. The van der Waals surface area contributed by atoms with Crippen molar-refractivity contribution in [2.45, 2.75) is 33.2 Å². The van der Waals surface area contributed by atoms with E-state index in [1.54, 1.807) is 0 Å². The molecular weight excluding hydrogens is 184 g/mol. The first kappa shape index (κ1) is 11.9. The molecule has 1 N–H and O–H groups in total. The predicted octanol–water partition coefficient (Wildman–Crippen LogP) is 3.01. The summed E-state index contributed by atoms with van der Waals surface area (Å²) >= 11 is 0. The lowest BCUT2D eigenvalue weighted by Gasteiger charge is -2.19. The Morgan fingerprint density at radius 3 is 2.87 bits per heavy atom. The van der Waals surface area contributed by atoms with Gasteiger partial charge in [-0.05, 0) is 38.4 Å². The molecule has 0 aliphatic carbocycles. The fourth-order valence-electron chi connectivity index (χ4n) is 1.59. The van der Waals surface area contributed by atoms with Crippen molar-refractivity contribution >= 4 is 0 Å². The van der Waals surface area contributed by atoms with Crippen molar-refractivity contribution in [1.29, 1.82) is 0 Å². The highest BCUT2D eigenvalue weighted by atomic mass is 14.9. The van der Waals surface area contributed by atoms with Crippen molar-refractivity contribution in [3.63, 3.8) is 0 Å². The molecule has 1 heterocycles. The van der Waals surface area contributed by atoms with E-state index in [1.165, 1.54) is 5.56 Å². The first-order valence-corrected chi connectivity index (χ1v) is 5.47. The van der Waals surface area contributed by atoms with Crippen LogP contribution in [0.5, 0.6) is 0 Å². The lowest BCUT2D eigenvalue weighted by Crippen LogP contribution is -2.24. The van der Waals surface area contributed by atoms with Gasteiger partial charge in [0.25, 0.3) is 0 Å². The highest BCUT2D eigenvalue weighted by Gasteiger charge is 2.14. The van der Waals surface area contributed by atoms with Gasteiger partial charge in [0.1, 0.15) is 0 Å². The van der Waals surface area contributed by atoms with Gasteiger partial charge in [0.2, 0.25) is 0 Å². The van der Waals surface area contributed by atoms with E-state index < -0.39 is 0 Å². The van der Waals surface area contributed by atoms with Crippen LogP contribution in [0.1, 0.15) is 37.6 Å². The summed E-state index contributed by atoms with van der Waals surface area (Å²) in [5.74, 6) is 0. The van der Waals surface area contributed by atoms with Crippen LogP contribution in [0.15, 0.2) is 30.5 Å². The number of nitrogens with one attached hydrogen (secondary N) is 1. The Bertz CT molecular complexity index is 331. The van der Waals surface area contributed by atoms with Crippen LogP contribution in [0.4, 0.5) is 0 Å². The highest BCUT2D eigenvalue weighted by Crippen LogP contribution is 2.20. The molecule has 0 spiro atoms. The minimum absolute atomic E-state index is 0.186. The third-order valence-corrected chi connectivity index (χ3v) is 2.41. The molecule has 0 bridgehead atoms. The van der Waals surface area contributed by atoms with Crippen LogP contribution in [0, 0.1) is 6.92 Å². The molecule has 0 amide bonds. The summed E-state index contributed by atoms with van der Waals surface area (Å²) in [6, 6.07) is 4.24. The molecule has 1 aromatic heterocycles. The molecule has 0 aliphatic heterocycles. The summed E-state index contributed by atoms with van der Waals surface area (Å²) in [6.07, 6.45) is 2.96. The summed E-state index contributed by atoms with van der Waals surface area (Å²) in [6.45, 7) is 11.3. The van der Waals surface area contributed by atoms with Crippen LogP contribution < -0.4 is 5.32 Å². The van der Waals surface area contributed by atoms with Crippen molar-refractivity contribution in [3.05, 3.63) is 41.7 Å². The number of pyridine rings is 1. The van der Waals surface area contributed by atoms with E-state index in [2.05, 4.69) is 36.8 Å². The molecule has 1 atom stereocenters. The molecule has 0 aromatic carbocycles. The summed E-state index contributed by atoms with van der Waals surface area (Å²) in [5, 5.41) is 3.46. The van der Waals surface area contributed by atoms with Crippen LogP contribution in [0.2, 0.25) is 0 Å². The molecule has 0 fully saturated rings. The molecule has 0 saturated heterocycles. The second kappa shape index (κ2) is 5.66. The van der Waals surface area contributed by atoms with Crippen LogP contribution >= 0.6 is 0 Å². The monoisotopic (exact) mass is 204 g/mol. The molecule has 0 radical (unpaired) electrons. The number of aryl methyl sites for hydroxylation is 1. The molecule has 0 aliphatic rings. The van der Waals surface area contributed by atoms with Gasteiger partial charge in [0.05, 0.1) is 11.7 Å². The van der Waals surface area contributed by atoms with E-state index in [-0.39, 0.29) is 6.04 Å². The van der Waals surface area contributed by atoms with E-state index in [0.29, 0.717) is 0 Å². The zero-order valence-electron chi connectivity index (χ0n) is 9.88. The van der Waals surface area contributed by atoms with Crippen molar-refractivity contribution in [3.8, 4) is 0 Å². The van der Waals surface area contributed by atoms with Crippen molar-refractivity contribution in [2.75, 3.05) is 6.54 Å². The molecular formula is C13H20N2. The lowest BCUT2D eigenvalue weighted by molar-refractivity contribution is 0.576. The average molecular weight is 204 g/mol. The topological polar surface area (TPSA) is 24.9 Å². The van der Waals surface area contributed by atoms with Crippen LogP contribution in [0.25, 0.3) is 0 Å². The summed E-state index contributed by atoms with van der Waals surface area (Å²) < 4.78 is 0. The number of hydrogen-bond donors (Lipinski definition) is 1. The Morgan fingerprint density at radius 1 is 1.60 bits per heavy atom. The minimum atomic E-state index is 0.186. The maximum atomic E-state index is 4.43. The van der Waals surface area contributed by atoms with Crippen molar-refractivity contribution in [2.24, 2.45) is 0 Å². The Labute approximate surface area is 92.4 Å². The van der Waals surface area contributed by atoms with Gasteiger partial charge in [-0.3, -0.25) is 4.98 Å². The van der Waals surface area contributed by atoms with Gasteiger partial charge in [-0.25, -0.2) is 0 Å². The SMILES string of the molecule is C=C(C)C(NCCC)c1ncccc1C. The maximum absolute atomic E-state index is 4.43. The quantitative estimate of drug-likeness (QED) is 0.746. The van der Waals surface area contributed by atoms with Gasteiger partial charge >= 0.3 is 0 Å². The molecule has 1 rings (SSSR count).